The summed E-state index contributed by atoms with van der Waals surface area (Å²) in [5, 5.41) is 3.35. The van der Waals surface area contributed by atoms with Gasteiger partial charge in [-0.3, -0.25) is 4.79 Å². The lowest BCUT2D eigenvalue weighted by Gasteiger charge is -2.27. The molecule has 1 unspecified atom stereocenters. The van der Waals surface area contributed by atoms with E-state index >= 15 is 0 Å². The number of amides is 1. The van der Waals surface area contributed by atoms with Crippen molar-refractivity contribution < 1.29 is 9.53 Å². The Morgan fingerprint density at radius 2 is 2.24 bits per heavy atom. The summed E-state index contributed by atoms with van der Waals surface area (Å²) in [4.78, 5) is 13.7. The predicted octanol–water partition coefficient (Wildman–Crippen LogP) is 2.53. The van der Waals surface area contributed by atoms with E-state index in [4.69, 9.17) is 4.74 Å². The van der Waals surface area contributed by atoms with Crippen molar-refractivity contribution in [3.63, 3.8) is 0 Å². The molecule has 1 atom stereocenters. The summed E-state index contributed by atoms with van der Waals surface area (Å²) < 4.78 is 5.81. The van der Waals surface area contributed by atoms with Gasteiger partial charge in [0.2, 0.25) is 0 Å². The topological polar surface area (TPSA) is 41.6 Å². The lowest BCUT2D eigenvalue weighted by molar-refractivity contribution is -0.133. The molecule has 1 aliphatic rings. The monoisotopic (exact) mass is 290 g/mol. The van der Waals surface area contributed by atoms with Crippen LogP contribution in [0, 0.1) is 0 Å². The van der Waals surface area contributed by atoms with Crippen LogP contribution in [-0.4, -0.2) is 37.6 Å². The highest BCUT2D eigenvalue weighted by atomic mass is 16.5. The number of ether oxygens (including phenoxy) is 1. The van der Waals surface area contributed by atoms with Crippen LogP contribution in [0.15, 0.2) is 18.2 Å². The van der Waals surface area contributed by atoms with E-state index in [1.54, 1.807) is 4.90 Å². The van der Waals surface area contributed by atoms with Crippen LogP contribution < -0.4 is 10.1 Å². The summed E-state index contributed by atoms with van der Waals surface area (Å²) in [6, 6.07) is 6.73. The van der Waals surface area contributed by atoms with E-state index in [1.807, 2.05) is 40.1 Å². The molecule has 0 saturated carbocycles. The van der Waals surface area contributed by atoms with Crippen molar-refractivity contribution in [1.82, 2.24) is 10.2 Å². The van der Waals surface area contributed by atoms with E-state index in [2.05, 4.69) is 11.4 Å². The number of carbonyl (C=O) groups is 1. The van der Waals surface area contributed by atoms with Crippen LogP contribution in [0.4, 0.5) is 0 Å². The summed E-state index contributed by atoms with van der Waals surface area (Å²) in [6.07, 6.45) is 3.33. The fourth-order valence-corrected chi connectivity index (χ4v) is 2.78. The predicted molar refractivity (Wildman–Crippen MR) is 84.6 cm³/mol. The van der Waals surface area contributed by atoms with Gasteiger partial charge in [0.25, 0.3) is 5.91 Å². The standard InChI is InChI=1S/C17H26N2O2/c1-12(2)19(4)17(20)11-21-16-10-6-7-13-14(16)8-5-9-15(13)18-3/h6-7,10,12,15,18H,5,8-9,11H2,1-4H3. The van der Waals surface area contributed by atoms with Gasteiger partial charge in [0.15, 0.2) is 6.61 Å². The Morgan fingerprint density at radius 3 is 2.90 bits per heavy atom. The van der Waals surface area contributed by atoms with Gasteiger partial charge in [-0.25, -0.2) is 0 Å². The Balaban J connectivity index is 2.10. The number of carbonyl (C=O) groups excluding carboxylic acids is 1. The van der Waals surface area contributed by atoms with Gasteiger partial charge in [-0.2, -0.15) is 0 Å². The van der Waals surface area contributed by atoms with Gasteiger partial charge in [-0.05, 0) is 57.4 Å². The molecule has 2 rings (SSSR count). The zero-order valence-corrected chi connectivity index (χ0v) is 13.5. The van der Waals surface area contributed by atoms with Crippen molar-refractivity contribution in [3.05, 3.63) is 29.3 Å². The number of fused-ring (bicyclic) bond motifs is 1. The summed E-state index contributed by atoms with van der Waals surface area (Å²) in [6.45, 7) is 4.11. The molecule has 0 aliphatic heterocycles. The molecule has 21 heavy (non-hydrogen) atoms. The first-order valence-electron chi connectivity index (χ1n) is 7.72. The molecule has 0 spiro atoms. The number of rotatable bonds is 5. The largest absolute Gasteiger partial charge is 0.483 e. The zero-order chi connectivity index (χ0) is 15.4. The molecular formula is C17H26N2O2. The van der Waals surface area contributed by atoms with Crippen LogP contribution in [0.2, 0.25) is 0 Å². The quantitative estimate of drug-likeness (QED) is 0.906. The van der Waals surface area contributed by atoms with Gasteiger partial charge in [0.05, 0.1) is 0 Å². The maximum atomic E-state index is 12.0. The average Bonchev–Trinajstić information content (AvgIpc) is 2.50. The lowest BCUT2D eigenvalue weighted by atomic mass is 9.87. The Bertz CT molecular complexity index is 500. The molecular weight excluding hydrogens is 264 g/mol. The van der Waals surface area contributed by atoms with Gasteiger partial charge in [0, 0.05) is 19.1 Å². The molecule has 0 bridgehead atoms. The lowest BCUT2D eigenvalue weighted by Crippen LogP contribution is -2.36. The van der Waals surface area contributed by atoms with Crippen LogP contribution in [-0.2, 0) is 11.2 Å². The zero-order valence-electron chi connectivity index (χ0n) is 13.5. The molecule has 0 saturated heterocycles. The maximum absolute atomic E-state index is 12.0. The number of hydrogen-bond acceptors (Lipinski definition) is 3. The van der Waals surface area contributed by atoms with Gasteiger partial charge in [0.1, 0.15) is 5.75 Å². The number of benzene rings is 1. The normalized spacial score (nSPS) is 17.5. The molecule has 0 aromatic heterocycles. The minimum atomic E-state index is 0.0172. The van der Waals surface area contributed by atoms with E-state index < -0.39 is 0 Å². The van der Waals surface area contributed by atoms with Crippen LogP contribution in [0.3, 0.4) is 0 Å². The Hall–Kier alpha value is -1.55. The summed E-state index contributed by atoms with van der Waals surface area (Å²) >= 11 is 0. The third-order valence-corrected chi connectivity index (χ3v) is 4.33. The van der Waals surface area contributed by atoms with Gasteiger partial charge < -0.3 is 15.0 Å². The van der Waals surface area contributed by atoms with Crippen LogP contribution in [0.5, 0.6) is 5.75 Å². The molecule has 4 heteroatoms. The third-order valence-electron chi connectivity index (χ3n) is 4.33. The van der Waals surface area contributed by atoms with Crippen molar-refractivity contribution in [2.75, 3.05) is 20.7 Å². The second-order valence-corrected chi connectivity index (χ2v) is 5.94. The summed E-state index contributed by atoms with van der Waals surface area (Å²) in [5.41, 5.74) is 2.56. The smallest absolute Gasteiger partial charge is 0.260 e. The van der Waals surface area contributed by atoms with Crippen LogP contribution >= 0.6 is 0 Å². The van der Waals surface area contributed by atoms with Gasteiger partial charge in [-0.15, -0.1) is 0 Å². The molecule has 1 amide bonds. The minimum Gasteiger partial charge on any atom is -0.483 e. The van der Waals surface area contributed by atoms with E-state index in [1.165, 1.54) is 11.1 Å². The Kier molecular flexibility index (Phi) is 5.23. The highest BCUT2D eigenvalue weighted by Gasteiger charge is 2.22. The molecule has 1 aromatic rings. The second-order valence-electron chi connectivity index (χ2n) is 5.94. The molecule has 116 valence electrons. The number of likely N-dealkylation sites (N-methyl/N-ethyl adjacent to an activating group) is 1. The van der Waals surface area contributed by atoms with E-state index in [-0.39, 0.29) is 18.6 Å². The molecule has 1 N–H and O–H groups in total. The first-order chi connectivity index (χ1) is 10.0. The summed E-state index contributed by atoms with van der Waals surface area (Å²) in [5.74, 6) is 0.876. The SMILES string of the molecule is CNC1CCCc2c(OCC(=O)N(C)C(C)C)cccc21. The Labute approximate surface area is 127 Å². The average molecular weight is 290 g/mol. The first kappa shape index (κ1) is 15.8. The van der Waals surface area contributed by atoms with Crippen molar-refractivity contribution in [2.45, 2.75) is 45.2 Å². The fraction of sp³-hybridized carbons (Fsp3) is 0.588. The summed E-state index contributed by atoms with van der Waals surface area (Å²) in [7, 11) is 3.81. The van der Waals surface area contributed by atoms with E-state index in [9.17, 15) is 4.79 Å². The minimum absolute atomic E-state index is 0.0172. The van der Waals surface area contributed by atoms with Crippen molar-refractivity contribution in [3.8, 4) is 5.75 Å². The molecule has 0 heterocycles. The fourth-order valence-electron chi connectivity index (χ4n) is 2.78. The first-order valence-corrected chi connectivity index (χ1v) is 7.72. The number of nitrogens with zero attached hydrogens (tertiary/aromatic N) is 1. The van der Waals surface area contributed by atoms with Crippen molar-refractivity contribution in [2.24, 2.45) is 0 Å². The number of hydrogen-bond donors (Lipinski definition) is 1. The van der Waals surface area contributed by atoms with Gasteiger partial charge >= 0.3 is 0 Å². The number of nitrogens with one attached hydrogen (secondary N) is 1. The highest BCUT2D eigenvalue weighted by Crippen LogP contribution is 2.35. The van der Waals surface area contributed by atoms with Crippen molar-refractivity contribution in [1.29, 1.82) is 0 Å². The second kappa shape index (κ2) is 6.94. The highest BCUT2D eigenvalue weighted by molar-refractivity contribution is 5.77. The van der Waals surface area contributed by atoms with Crippen molar-refractivity contribution >= 4 is 5.91 Å². The Morgan fingerprint density at radius 1 is 1.48 bits per heavy atom. The maximum Gasteiger partial charge on any atom is 0.260 e. The van der Waals surface area contributed by atoms with E-state index in [0.29, 0.717) is 6.04 Å². The third kappa shape index (κ3) is 3.56. The molecule has 0 radical (unpaired) electrons. The molecule has 4 nitrogen and oxygen atoms in total. The van der Waals surface area contributed by atoms with E-state index in [0.717, 1.165) is 25.0 Å². The van der Waals surface area contributed by atoms with Crippen LogP contribution in [0.25, 0.3) is 0 Å². The molecule has 0 fully saturated rings. The van der Waals surface area contributed by atoms with Crippen LogP contribution in [0.1, 0.15) is 43.9 Å². The molecule has 1 aromatic carbocycles. The van der Waals surface area contributed by atoms with Gasteiger partial charge in [-0.1, -0.05) is 12.1 Å². The molecule has 1 aliphatic carbocycles.